The second-order valence-electron chi connectivity index (χ2n) is 2.07. The minimum atomic E-state index is 1.10. The summed E-state index contributed by atoms with van der Waals surface area (Å²) in [4.78, 5) is 2.36. The molecular weight excluding hydrogens is 174 g/mol. The van der Waals surface area contributed by atoms with Crippen LogP contribution in [0.4, 0.5) is 0 Å². The van der Waals surface area contributed by atoms with E-state index in [0.717, 1.165) is 13.1 Å². The molecule has 0 rings (SSSR count). The summed E-state index contributed by atoms with van der Waals surface area (Å²) in [6.45, 7) is 6.58. The molecule has 0 aromatic heterocycles. The summed E-state index contributed by atoms with van der Waals surface area (Å²) in [5, 5.41) is 3.58. The highest BCUT2D eigenvalue weighted by Crippen LogP contribution is 2.19. The molecule has 0 aliphatic carbocycles. The van der Waals surface area contributed by atoms with Crippen molar-refractivity contribution < 1.29 is 0 Å². The van der Waals surface area contributed by atoms with E-state index in [1.165, 1.54) is 5.03 Å². The van der Waals surface area contributed by atoms with Crippen molar-refractivity contribution in [2.24, 2.45) is 0 Å². The van der Waals surface area contributed by atoms with Gasteiger partial charge in [0.2, 0.25) is 0 Å². The molecule has 0 aliphatic heterocycles. The lowest BCUT2D eigenvalue weighted by Crippen LogP contribution is -2.20. The molecule has 0 amide bonds. The van der Waals surface area contributed by atoms with E-state index in [4.69, 9.17) is 0 Å². The standard InChI is InChI=1S/C8H17NS2/c1-5-9(6-2)8(11-4)7-10-3/h7H,5-6H2,1-4H3. The van der Waals surface area contributed by atoms with Gasteiger partial charge in [-0.15, -0.1) is 23.5 Å². The second-order valence-corrected chi connectivity index (χ2v) is 3.60. The summed E-state index contributed by atoms with van der Waals surface area (Å²) in [5.74, 6) is 0. The van der Waals surface area contributed by atoms with Gasteiger partial charge in [0, 0.05) is 18.5 Å². The first-order valence-electron chi connectivity index (χ1n) is 3.82. The average molecular weight is 191 g/mol. The van der Waals surface area contributed by atoms with Gasteiger partial charge in [-0.3, -0.25) is 0 Å². The molecule has 0 aromatic carbocycles. The van der Waals surface area contributed by atoms with Crippen LogP contribution < -0.4 is 0 Å². The highest BCUT2D eigenvalue weighted by atomic mass is 32.2. The third-order valence-corrected chi connectivity index (χ3v) is 2.91. The molecular formula is C8H17NS2. The van der Waals surface area contributed by atoms with Gasteiger partial charge < -0.3 is 4.90 Å². The van der Waals surface area contributed by atoms with Crippen molar-refractivity contribution in [3.8, 4) is 0 Å². The summed E-state index contributed by atoms with van der Waals surface area (Å²) in [7, 11) is 0. The molecule has 0 atom stereocenters. The smallest absolute Gasteiger partial charge is 0.0768 e. The van der Waals surface area contributed by atoms with Crippen LogP contribution in [-0.2, 0) is 0 Å². The van der Waals surface area contributed by atoms with Crippen molar-refractivity contribution in [3.05, 3.63) is 10.4 Å². The van der Waals surface area contributed by atoms with Crippen LogP contribution in [0.5, 0.6) is 0 Å². The van der Waals surface area contributed by atoms with Crippen molar-refractivity contribution in [2.75, 3.05) is 25.6 Å². The number of thioether (sulfide) groups is 2. The lowest BCUT2D eigenvalue weighted by molar-refractivity contribution is 0.410. The molecule has 66 valence electrons. The van der Waals surface area contributed by atoms with Crippen LogP contribution in [0.25, 0.3) is 0 Å². The SMILES string of the molecule is CCN(CC)C(=CSC)SC. The quantitative estimate of drug-likeness (QED) is 0.658. The first kappa shape index (κ1) is 11.2. The Hall–Kier alpha value is 0.240. The van der Waals surface area contributed by atoms with Gasteiger partial charge in [0.15, 0.2) is 0 Å². The highest BCUT2D eigenvalue weighted by molar-refractivity contribution is 8.05. The molecule has 0 saturated carbocycles. The largest absolute Gasteiger partial charge is 0.367 e. The number of nitrogens with zero attached hydrogens (tertiary/aromatic N) is 1. The minimum absolute atomic E-state index is 1.10. The van der Waals surface area contributed by atoms with Gasteiger partial charge in [-0.05, 0) is 26.4 Å². The zero-order chi connectivity index (χ0) is 8.69. The lowest BCUT2D eigenvalue weighted by Gasteiger charge is -2.22. The molecule has 0 radical (unpaired) electrons. The normalized spacial score (nSPS) is 11.8. The fourth-order valence-electron chi connectivity index (χ4n) is 0.888. The molecule has 0 heterocycles. The Labute approximate surface area is 78.6 Å². The summed E-state index contributed by atoms with van der Waals surface area (Å²) < 4.78 is 0. The van der Waals surface area contributed by atoms with Crippen LogP contribution in [-0.4, -0.2) is 30.5 Å². The van der Waals surface area contributed by atoms with Crippen molar-refractivity contribution in [3.63, 3.8) is 0 Å². The van der Waals surface area contributed by atoms with E-state index in [9.17, 15) is 0 Å². The van der Waals surface area contributed by atoms with Gasteiger partial charge in [-0.25, -0.2) is 0 Å². The zero-order valence-corrected chi connectivity index (χ0v) is 9.39. The monoisotopic (exact) mass is 191 g/mol. The van der Waals surface area contributed by atoms with Crippen LogP contribution in [0.1, 0.15) is 13.8 Å². The van der Waals surface area contributed by atoms with Crippen molar-refractivity contribution in [1.82, 2.24) is 4.90 Å². The van der Waals surface area contributed by atoms with Gasteiger partial charge in [0.25, 0.3) is 0 Å². The van der Waals surface area contributed by atoms with E-state index in [-0.39, 0.29) is 0 Å². The second kappa shape index (κ2) is 6.92. The fraction of sp³-hybridized carbons (Fsp3) is 0.750. The maximum atomic E-state index is 2.36. The minimum Gasteiger partial charge on any atom is -0.367 e. The van der Waals surface area contributed by atoms with Crippen molar-refractivity contribution in [1.29, 1.82) is 0 Å². The van der Waals surface area contributed by atoms with E-state index >= 15 is 0 Å². The van der Waals surface area contributed by atoms with Gasteiger partial charge in [0.05, 0.1) is 5.03 Å². The van der Waals surface area contributed by atoms with Gasteiger partial charge in [-0.2, -0.15) is 0 Å². The molecule has 0 aliphatic rings. The Morgan fingerprint density at radius 2 is 1.82 bits per heavy atom. The molecule has 3 heteroatoms. The number of hydrogen-bond acceptors (Lipinski definition) is 3. The maximum absolute atomic E-state index is 2.36. The summed E-state index contributed by atoms with van der Waals surface area (Å²) in [5.41, 5.74) is 0. The van der Waals surface area contributed by atoms with Gasteiger partial charge in [0.1, 0.15) is 0 Å². The molecule has 0 spiro atoms. The highest BCUT2D eigenvalue weighted by Gasteiger charge is 2.01. The molecule has 0 N–H and O–H groups in total. The van der Waals surface area contributed by atoms with Gasteiger partial charge in [-0.1, -0.05) is 0 Å². The Morgan fingerprint density at radius 3 is 2.09 bits per heavy atom. The molecule has 0 aromatic rings. The fourth-order valence-corrected chi connectivity index (χ4v) is 2.43. The Bertz CT molecular complexity index is 119. The van der Waals surface area contributed by atoms with Crippen molar-refractivity contribution >= 4 is 23.5 Å². The van der Waals surface area contributed by atoms with Crippen LogP contribution in [0, 0.1) is 0 Å². The average Bonchev–Trinajstić information content (AvgIpc) is 2.05. The summed E-state index contributed by atoms with van der Waals surface area (Å²) in [6.07, 6.45) is 4.22. The molecule has 0 fully saturated rings. The first-order valence-corrected chi connectivity index (χ1v) is 6.33. The third-order valence-electron chi connectivity index (χ3n) is 1.50. The molecule has 0 saturated heterocycles. The van der Waals surface area contributed by atoms with Crippen LogP contribution in [0.2, 0.25) is 0 Å². The third kappa shape index (κ3) is 3.97. The van der Waals surface area contributed by atoms with E-state index < -0.39 is 0 Å². The van der Waals surface area contributed by atoms with Gasteiger partial charge >= 0.3 is 0 Å². The molecule has 0 bridgehead atoms. The summed E-state index contributed by atoms with van der Waals surface area (Å²) in [6, 6.07) is 0. The van der Waals surface area contributed by atoms with Crippen LogP contribution >= 0.6 is 23.5 Å². The number of rotatable bonds is 5. The molecule has 1 nitrogen and oxygen atoms in total. The predicted octanol–water partition coefficient (Wildman–Crippen LogP) is 2.85. The Morgan fingerprint density at radius 1 is 1.27 bits per heavy atom. The summed E-state index contributed by atoms with van der Waals surface area (Å²) >= 11 is 3.59. The topological polar surface area (TPSA) is 3.24 Å². The van der Waals surface area contributed by atoms with E-state index in [2.05, 4.69) is 36.7 Å². The first-order chi connectivity index (χ1) is 5.29. The Balaban J connectivity index is 4.09. The predicted molar refractivity (Wildman–Crippen MR) is 58.0 cm³/mol. The molecule has 11 heavy (non-hydrogen) atoms. The van der Waals surface area contributed by atoms with Crippen molar-refractivity contribution in [2.45, 2.75) is 13.8 Å². The lowest BCUT2D eigenvalue weighted by atomic mass is 10.5. The Kier molecular flexibility index (Phi) is 7.07. The molecule has 0 unspecified atom stereocenters. The van der Waals surface area contributed by atoms with E-state index in [0.29, 0.717) is 0 Å². The van der Waals surface area contributed by atoms with E-state index in [1.807, 2.05) is 11.8 Å². The maximum Gasteiger partial charge on any atom is 0.0768 e. The number of hydrogen-bond donors (Lipinski definition) is 0. The van der Waals surface area contributed by atoms with Crippen LogP contribution in [0.15, 0.2) is 10.4 Å². The zero-order valence-electron chi connectivity index (χ0n) is 7.76. The van der Waals surface area contributed by atoms with Crippen LogP contribution in [0.3, 0.4) is 0 Å². The van der Waals surface area contributed by atoms with E-state index in [1.54, 1.807) is 11.8 Å².